The van der Waals surface area contributed by atoms with Crippen molar-refractivity contribution < 1.29 is 9.50 Å². The molecule has 1 atom stereocenters. The van der Waals surface area contributed by atoms with E-state index in [9.17, 15) is 9.50 Å². The second kappa shape index (κ2) is 5.68. The van der Waals surface area contributed by atoms with E-state index in [-0.39, 0.29) is 6.42 Å². The Morgan fingerprint density at radius 1 is 1.26 bits per heavy atom. The molecule has 2 rings (SSSR count). The van der Waals surface area contributed by atoms with Crippen LogP contribution in [0, 0.1) is 19.7 Å². The fourth-order valence-electron chi connectivity index (χ4n) is 2.08. The molecule has 0 aliphatic rings. The van der Waals surface area contributed by atoms with Crippen LogP contribution in [0.2, 0.25) is 5.02 Å². The zero-order valence-corrected chi connectivity index (χ0v) is 11.6. The van der Waals surface area contributed by atoms with Crippen molar-refractivity contribution in [3.05, 3.63) is 63.7 Å². The molecule has 0 amide bonds. The Hall–Kier alpha value is -1.45. The maximum atomic E-state index is 13.7. The molecule has 2 aromatic rings. The highest BCUT2D eigenvalue weighted by Gasteiger charge is 2.16. The minimum absolute atomic E-state index is 0.136. The standard InChI is InChI=1S/C15H15ClFNO/c1-9-6-7-11(10(2)18-9)15(19)8-12-13(16)4-3-5-14(12)17/h3-7,15,19H,8H2,1-2H3. The van der Waals surface area contributed by atoms with Gasteiger partial charge in [0.25, 0.3) is 0 Å². The third kappa shape index (κ3) is 3.11. The quantitative estimate of drug-likeness (QED) is 0.928. The fourth-order valence-corrected chi connectivity index (χ4v) is 2.32. The average Bonchev–Trinajstić information content (AvgIpc) is 2.33. The molecule has 2 nitrogen and oxygen atoms in total. The summed E-state index contributed by atoms with van der Waals surface area (Å²) < 4.78 is 13.7. The van der Waals surface area contributed by atoms with Gasteiger partial charge in [-0.3, -0.25) is 4.98 Å². The van der Waals surface area contributed by atoms with E-state index in [4.69, 9.17) is 11.6 Å². The highest BCUT2D eigenvalue weighted by Crippen LogP contribution is 2.26. The van der Waals surface area contributed by atoms with Crippen LogP contribution < -0.4 is 0 Å². The monoisotopic (exact) mass is 279 g/mol. The van der Waals surface area contributed by atoms with E-state index in [1.165, 1.54) is 6.07 Å². The van der Waals surface area contributed by atoms with Gasteiger partial charge in [-0.15, -0.1) is 0 Å². The molecule has 0 aliphatic heterocycles. The second-order valence-corrected chi connectivity index (χ2v) is 4.95. The van der Waals surface area contributed by atoms with E-state index in [2.05, 4.69) is 4.98 Å². The smallest absolute Gasteiger partial charge is 0.127 e. The minimum Gasteiger partial charge on any atom is -0.388 e. The molecule has 1 aromatic carbocycles. The molecule has 1 unspecified atom stereocenters. The van der Waals surface area contributed by atoms with Crippen molar-refractivity contribution in [3.8, 4) is 0 Å². The number of benzene rings is 1. The van der Waals surface area contributed by atoms with Crippen LogP contribution in [0.3, 0.4) is 0 Å². The number of aryl methyl sites for hydroxylation is 2. The maximum Gasteiger partial charge on any atom is 0.127 e. The molecule has 0 spiro atoms. The summed E-state index contributed by atoms with van der Waals surface area (Å²) in [6.07, 6.45) is -0.681. The van der Waals surface area contributed by atoms with Crippen LogP contribution in [0.25, 0.3) is 0 Å². The number of aliphatic hydroxyl groups excluding tert-OH is 1. The summed E-state index contributed by atoms with van der Waals surface area (Å²) in [5.41, 5.74) is 2.67. The fraction of sp³-hybridized carbons (Fsp3) is 0.267. The van der Waals surface area contributed by atoms with Gasteiger partial charge in [0.15, 0.2) is 0 Å². The number of hydrogen-bond donors (Lipinski definition) is 1. The molecular formula is C15H15ClFNO. The molecule has 1 N–H and O–H groups in total. The summed E-state index contributed by atoms with van der Waals surface area (Å²) in [6, 6.07) is 8.15. The molecule has 4 heteroatoms. The second-order valence-electron chi connectivity index (χ2n) is 4.55. The van der Waals surface area contributed by atoms with E-state index >= 15 is 0 Å². The van der Waals surface area contributed by atoms with Gasteiger partial charge in [-0.05, 0) is 32.0 Å². The molecule has 0 bridgehead atoms. The van der Waals surface area contributed by atoms with Crippen LogP contribution in [0.4, 0.5) is 4.39 Å². The minimum atomic E-state index is -0.817. The van der Waals surface area contributed by atoms with Crippen LogP contribution in [0.15, 0.2) is 30.3 Å². The zero-order valence-electron chi connectivity index (χ0n) is 10.8. The molecule has 0 saturated heterocycles. The van der Waals surface area contributed by atoms with Gasteiger partial charge in [0.1, 0.15) is 5.82 Å². The molecular weight excluding hydrogens is 265 g/mol. The number of pyridine rings is 1. The number of aromatic nitrogens is 1. The average molecular weight is 280 g/mol. The summed E-state index contributed by atoms with van der Waals surface area (Å²) in [7, 11) is 0. The van der Waals surface area contributed by atoms with Gasteiger partial charge in [0, 0.05) is 34.0 Å². The normalized spacial score (nSPS) is 12.5. The predicted molar refractivity (Wildman–Crippen MR) is 73.8 cm³/mol. The zero-order chi connectivity index (χ0) is 14.0. The number of nitrogens with zero attached hydrogens (tertiary/aromatic N) is 1. The molecule has 0 radical (unpaired) electrons. The number of aliphatic hydroxyl groups is 1. The van der Waals surface area contributed by atoms with Crippen molar-refractivity contribution in [3.63, 3.8) is 0 Å². The Morgan fingerprint density at radius 2 is 2.00 bits per heavy atom. The van der Waals surface area contributed by atoms with Crippen molar-refractivity contribution in [1.29, 1.82) is 0 Å². The molecule has 0 saturated carbocycles. The molecule has 1 aromatic heterocycles. The van der Waals surface area contributed by atoms with Crippen molar-refractivity contribution in [2.45, 2.75) is 26.4 Å². The third-order valence-corrected chi connectivity index (χ3v) is 3.44. The Kier molecular flexibility index (Phi) is 4.17. The summed E-state index contributed by atoms with van der Waals surface area (Å²) >= 11 is 5.96. The third-order valence-electron chi connectivity index (χ3n) is 3.08. The van der Waals surface area contributed by atoms with Gasteiger partial charge in [-0.25, -0.2) is 4.39 Å². The SMILES string of the molecule is Cc1ccc(C(O)Cc2c(F)cccc2Cl)c(C)n1. The summed E-state index contributed by atoms with van der Waals surface area (Å²) in [6.45, 7) is 3.71. The predicted octanol–water partition coefficient (Wildman–Crippen LogP) is 3.77. The van der Waals surface area contributed by atoms with E-state index in [1.807, 2.05) is 26.0 Å². The molecule has 0 fully saturated rings. The van der Waals surface area contributed by atoms with Gasteiger partial charge >= 0.3 is 0 Å². The number of rotatable bonds is 3. The highest BCUT2D eigenvalue weighted by atomic mass is 35.5. The van der Waals surface area contributed by atoms with Crippen molar-refractivity contribution >= 4 is 11.6 Å². The lowest BCUT2D eigenvalue weighted by molar-refractivity contribution is 0.176. The summed E-state index contributed by atoms with van der Waals surface area (Å²) in [5.74, 6) is -0.399. The first-order valence-corrected chi connectivity index (χ1v) is 6.42. The molecule has 100 valence electrons. The van der Waals surface area contributed by atoms with Crippen molar-refractivity contribution in [1.82, 2.24) is 4.98 Å². The molecule has 19 heavy (non-hydrogen) atoms. The van der Waals surface area contributed by atoms with Crippen LogP contribution in [0.5, 0.6) is 0 Å². The Morgan fingerprint density at radius 3 is 2.63 bits per heavy atom. The maximum absolute atomic E-state index is 13.7. The Bertz CT molecular complexity index is 580. The van der Waals surface area contributed by atoms with Crippen LogP contribution in [-0.2, 0) is 6.42 Å². The van der Waals surface area contributed by atoms with Crippen LogP contribution in [-0.4, -0.2) is 10.1 Å². The highest BCUT2D eigenvalue weighted by molar-refractivity contribution is 6.31. The van der Waals surface area contributed by atoms with E-state index in [0.29, 0.717) is 16.1 Å². The van der Waals surface area contributed by atoms with Gasteiger partial charge in [-0.2, -0.15) is 0 Å². The lowest BCUT2D eigenvalue weighted by Gasteiger charge is -2.15. The summed E-state index contributed by atoms with van der Waals surface area (Å²) in [5, 5.41) is 10.6. The van der Waals surface area contributed by atoms with Gasteiger partial charge < -0.3 is 5.11 Å². The van der Waals surface area contributed by atoms with E-state index in [1.54, 1.807) is 12.1 Å². The summed E-state index contributed by atoms with van der Waals surface area (Å²) in [4.78, 5) is 4.29. The van der Waals surface area contributed by atoms with Gasteiger partial charge in [-0.1, -0.05) is 23.7 Å². The Labute approximate surface area is 116 Å². The largest absolute Gasteiger partial charge is 0.388 e. The van der Waals surface area contributed by atoms with Crippen LogP contribution in [0.1, 0.15) is 28.6 Å². The first kappa shape index (κ1) is 14.0. The first-order valence-electron chi connectivity index (χ1n) is 6.04. The first-order chi connectivity index (χ1) is 8.99. The number of hydrogen-bond acceptors (Lipinski definition) is 2. The lowest BCUT2D eigenvalue weighted by Crippen LogP contribution is -2.07. The Balaban J connectivity index is 2.28. The molecule has 0 aliphatic carbocycles. The lowest BCUT2D eigenvalue weighted by atomic mass is 10.00. The topological polar surface area (TPSA) is 33.1 Å². The van der Waals surface area contributed by atoms with Crippen LogP contribution >= 0.6 is 11.6 Å². The van der Waals surface area contributed by atoms with Gasteiger partial charge in [0.05, 0.1) is 6.10 Å². The van der Waals surface area contributed by atoms with Crippen molar-refractivity contribution in [2.24, 2.45) is 0 Å². The van der Waals surface area contributed by atoms with E-state index in [0.717, 1.165) is 11.4 Å². The number of halogens is 2. The molecule has 1 heterocycles. The van der Waals surface area contributed by atoms with Crippen molar-refractivity contribution in [2.75, 3.05) is 0 Å². The van der Waals surface area contributed by atoms with E-state index < -0.39 is 11.9 Å². The van der Waals surface area contributed by atoms with Gasteiger partial charge in [0.2, 0.25) is 0 Å².